The largest absolute Gasteiger partial charge is 0.316 e. The first-order chi connectivity index (χ1) is 9.90. The Morgan fingerprint density at radius 1 is 1.24 bits per heavy atom. The minimum Gasteiger partial charge on any atom is -0.316 e. The van der Waals surface area contributed by atoms with E-state index in [1.165, 1.54) is 16.3 Å². The average Bonchev–Trinajstić information content (AvgIpc) is 2.89. The highest BCUT2D eigenvalue weighted by Crippen LogP contribution is 2.25. The lowest BCUT2D eigenvalue weighted by molar-refractivity contribution is 0.544. The molecule has 0 saturated carbocycles. The number of benzene rings is 1. The summed E-state index contributed by atoms with van der Waals surface area (Å²) in [6, 6.07) is 8.40. The maximum Gasteiger partial charge on any atom is 0.0944 e. The van der Waals surface area contributed by atoms with Gasteiger partial charge in [-0.15, -0.1) is 11.3 Å². The Kier molecular flexibility index (Phi) is 5.42. The zero-order valence-electron chi connectivity index (χ0n) is 13.1. The molecule has 0 spiro atoms. The predicted molar refractivity (Wildman–Crippen MR) is 92.5 cm³/mol. The quantitative estimate of drug-likeness (QED) is 0.878. The van der Waals surface area contributed by atoms with E-state index in [1.54, 1.807) is 11.3 Å². The van der Waals surface area contributed by atoms with Crippen LogP contribution >= 0.6 is 22.9 Å². The first-order valence-electron chi connectivity index (χ1n) is 7.25. The van der Waals surface area contributed by atoms with E-state index in [2.05, 4.69) is 37.5 Å². The smallest absolute Gasteiger partial charge is 0.0944 e. The number of halogens is 1. The Balaban J connectivity index is 2.06. The van der Waals surface area contributed by atoms with Gasteiger partial charge in [-0.25, -0.2) is 4.98 Å². The molecule has 1 aromatic carbocycles. The lowest BCUT2D eigenvalue weighted by Gasteiger charge is -2.16. The van der Waals surface area contributed by atoms with Gasteiger partial charge in [-0.1, -0.05) is 50.6 Å². The number of likely N-dealkylation sites (N-methyl/N-ethyl adjacent to an activating group) is 1. The van der Waals surface area contributed by atoms with Crippen LogP contribution in [0.1, 0.15) is 37.0 Å². The fourth-order valence-electron chi connectivity index (χ4n) is 2.17. The van der Waals surface area contributed by atoms with Crippen molar-refractivity contribution in [2.45, 2.75) is 45.1 Å². The number of hydrogen-bond donors (Lipinski definition) is 1. The standard InChI is InChI=1S/C17H23ClN2S/c1-17(2,3)15-11-21-16(20-15)10-13(19-4)9-12-7-5-6-8-14(12)18/h5-8,11,13,19H,9-10H2,1-4H3. The van der Waals surface area contributed by atoms with Crippen LogP contribution in [0.3, 0.4) is 0 Å². The highest BCUT2D eigenvalue weighted by molar-refractivity contribution is 7.09. The van der Waals surface area contributed by atoms with Crippen molar-refractivity contribution in [3.05, 3.63) is 50.9 Å². The molecule has 4 heteroatoms. The molecule has 1 heterocycles. The van der Waals surface area contributed by atoms with Gasteiger partial charge in [-0.2, -0.15) is 0 Å². The molecule has 1 atom stereocenters. The van der Waals surface area contributed by atoms with Crippen LogP contribution in [-0.4, -0.2) is 18.1 Å². The van der Waals surface area contributed by atoms with Crippen LogP contribution in [0.4, 0.5) is 0 Å². The fourth-order valence-corrected chi connectivity index (χ4v) is 3.48. The van der Waals surface area contributed by atoms with Crippen LogP contribution in [0.15, 0.2) is 29.6 Å². The van der Waals surface area contributed by atoms with Crippen molar-refractivity contribution in [1.82, 2.24) is 10.3 Å². The average molecular weight is 323 g/mol. The molecular weight excluding hydrogens is 300 g/mol. The normalized spacial score (nSPS) is 13.4. The number of nitrogens with zero attached hydrogens (tertiary/aromatic N) is 1. The van der Waals surface area contributed by atoms with Gasteiger partial charge in [0.2, 0.25) is 0 Å². The maximum atomic E-state index is 6.25. The summed E-state index contributed by atoms with van der Waals surface area (Å²) in [5.41, 5.74) is 2.48. The molecule has 2 rings (SSSR count). The molecule has 0 bridgehead atoms. The van der Waals surface area contributed by atoms with Gasteiger partial charge in [0.15, 0.2) is 0 Å². The van der Waals surface area contributed by atoms with Gasteiger partial charge in [0, 0.05) is 28.3 Å². The van der Waals surface area contributed by atoms with E-state index >= 15 is 0 Å². The molecule has 0 aliphatic rings. The number of hydrogen-bond acceptors (Lipinski definition) is 3. The zero-order chi connectivity index (χ0) is 15.5. The van der Waals surface area contributed by atoms with Crippen molar-refractivity contribution in [2.24, 2.45) is 0 Å². The van der Waals surface area contributed by atoms with Crippen LogP contribution in [0, 0.1) is 0 Å². The summed E-state index contributed by atoms with van der Waals surface area (Å²) in [5.74, 6) is 0. The maximum absolute atomic E-state index is 6.25. The van der Waals surface area contributed by atoms with E-state index in [0.29, 0.717) is 6.04 Å². The van der Waals surface area contributed by atoms with Crippen molar-refractivity contribution in [3.63, 3.8) is 0 Å². The lowest BCUT2D eigenvalue weighted by atomic mass is 9.93. The van der Waals surface area contributed by atoms with Crippen LogP contribution in [0.5, 0.6) is 0 Å². The van der Waals surface area contributed by atoms with Gasteiger partial charge in [0.05, 0.1) is 10.7 Å². The van der Waals surface area contributed by atoms with E-state index in [4.69, 9.17) is 16.6 Å². The van der Waals surface area contributed by atoms with Crippen LogP contribution in [0.2, 0.25) is 5.02 Å². The monoisotopic (exact) mass is 322 g/mol. The summed E-state index contributed by atoms with van der Waals surface area (Å²) < 4.78 is 0. The topological polar surface area (TPSA) is 24.9 Å². The van der Waals surface area contributed by atoms with Gasteiger partial charge >= 0.3 is 0 Å². The Labute approximate surface area is 136 Å². The molecule has 0 amide bonds. The Bertz CT molecular complexity index is 586. The van der Waals surface area contributed by atoms with E-state index < -0.39 is 0 Å². The molecule has 2 nitrogen and oxygen atoms in total. The molecule has 114 valence electrons. The summed E-state index contributed by atoms with van der Waals surface area (Å²) in [6.45, 7) is 6.60. The third-order valence-corrected chi connectivity index (χ3v) is 4.81. The fraction of sp³-hybridized carbons (Fsp3) is 0.471. The summed E-state index contributed by atoms with van der Waals surface area (Å²) >= 11 is 8.00. The van der Waals surface area contributed by atoms with Crippen molar-refractivity contribution in [2.75, 3.05) is 7.05 Å². The van der Waals surface area contributed by atoms with Crippen LogP contribution < -0.4 is 5.32 Å². The van der Waals surface area contributed by atoms with Gasteiger partial charge < -0.3 is 5.32 Å². The first-order valence-corrected chi connectivity index (χ1v) is 8.51. The SMILES string of the molecule is CNC(Cc1nc(C(C)(C)C)cs1)Cc1ccccc1Cl. The molecule has 0 aliphatic carbocycles. The minimum atomic E-state index is 0.118. The molecule has 0 fully saturated rings. The molecule has 1 N–H and O–H groups in total. The molecule has 1 aromatic heterocycles. The molecule has 0 aliphatic heterocycles. The van der Waals surface area contributed by atoms with Crippen molar-refractivity contribution >= 4 is 22.9 Å². The van der Waals surface area contributed by atoms with E-state index in [0.717, 1.165) is 17.9 Å². The summed E-state index contributed by atoms with van der Waals surface area (Å²) in [5, 5.41) is 7.59. The molecular formula is C17H23ClN2S. The molecule has 0 radical (unpaired) electrons. The zero-order valence-corrected chi connectivity index (χ0v) is 14.7. The molecule has 0 saturated heterocycles. The molecule has 1 unspecified atom stereocenters. The Morgan fingerprint density at radius 2 is 1.95 bits per heavy atom. The third-order valence-electron chi connectivity index (χ3n) is 3.57. The number of thiazole rings is 1. The molecule has 21 heavy (non-hydrogen) atoms. The number of nitrogens with one attached hydrogen (secondary N) is 1. The van der Waals surface area contributed by atoms with Gasteiger partial charge in [-0.05, 0) is 25.1 Å². The summed E-state index contributed by atoms with van der Waals surface area (Å²) in [4.78, 5) is 4.78. The first kappa shape index (κ1) is 16.5. The van der Waals surface area contributed by atoms with Crippen molar-refractivity contribution < 1.29 is 0 Å². The highest BCUT2D eigenvalue weighted by Gasteiger charge is 2.19. The van der Waals surface area contributed by atoms with Crippen molar-refractivity contribution in [3.8, 4) is 0 Å². The number of rotatable bonds is 5. The highest BCUT2D eigenvalue weighted by atomic mass is 35.5. The minimum absolute atomic E-state index is 0.118. The Morgan fingerprint density at radius 3 is 2.52 bits per heavy atom. The van der Waals surface area contributed by atoms with E-state index in [9.17, 15) is 0 Å². The van der Waals surface area contributed by atoms with Gasteiger partial charge in [0.1, 0.15) is 0 Å². The lowest BCUT2D eigenvalue weighted by Crippen LogP contribution is -2.30. The Hall–Kier alpha value is -0.900. The van der Waals surface area contributed by atoms with Crippen molar-refractivity contribution in [1.29, 1.82) is 0 Å². The second-order valence-electron chi connectivity index (χ2n) is 6.36. The van der Waals surface area contributed by atoms with Crippen LogP contribution in [0.25, 0.3) is 0 Å². The van der Waals surface area contributed by atoms with Gasteiger partial charge in [0.25, 0.3) is 0 Å². The predicted octanol–water partition coefficient (Wildman–Crippen LogP) is 4.47. The summed E-state index contributed by atoms with van der Waals surface area (Å²) in [6.07, 6.45) is 1.85. The van der Waals surface area contributed by atoms with Gasteiger partial charge in [-0.3, -0.25) is 0 Å². The third kappa shape index (κ3) is 4.53. The van der Waals surface area contributed by atoms with Crippen LogP contribution in [-0.2, 0) is 18.3 Å². The number of aromatic nitrogens is 1. The molecule has 2 aromatic rings. The second-order valence-corrected chi connectivity index (χ2v) is 7.71. The second kappa shape index (κ2) is 6.91. The van der Waals surface area contributed by atoms with E-state index in [1.807, 2.05) is 25.2 Å². The van der Waals surface area contributed by atoms with E-state index in [-0.39, 0.29) is 5.41 Å². The summed E-state index contributed by atoms with van der Waals surface area (Å²) in [7, 11) is 2.00.